The average molecular weight is 302 g/mol. The molecule has 2 aliphatic rings. The minimum Gasteiger partial charge on any atom is -0.375 e. The molecule has 1 aromatic heterocycles. The van der Waals surface area contributed by atoms with Crippen molar-refractivity contribution in [2.45, 2.75) is 12.8 Å². The number of amides is 1. The van der Waals surface area contributed by atoms with Crippen molar-refractivity contribution < 1.29 is 4.79 Å². The average Bonchev–Trinajstić information content (AvgIpc) is 3.18. The van der Waals surface area contributed by atoms with Crippen LogP contribution in [0, 0.1) is 5.41 Å². The van der Waals surface area contributed by atoms with Crippen LogP contribution < -0.4 is 11.1 Å². The predicted molar refractivity (Wildman–Crippen MR) is 84.5 cm³/mol. The van der Waals surface area contributed by atoms with Crippen molar-refractivity contribution in [2.24, 2.45) is 5.41 Å². The summed E-state index contributed by atoms with van der Waals surface area (Å²) < 4.78 is 0.981. The van der Waals surface area contributed by atoms with Gasteiger partial charge < -0.3 is 16.0 Å². The van der Waals surface area contributed by atoms with Crippen molar-refractivity contribution in [1.82, 2.24) is 15.2 Å². The lowest BCUT2D eigenvalue weighted by Crippen LogP contribution is -2.33. The number of thiazole rings is 1. The second-order valence-electron chi connectivity index (χ2n) is 6.14. The molecule has 4 rings (SSSR count). The molecule has 1 spiro atoms. The van der Waals surface area contributed by atoms with Gasteiger partial charge in [-0.3, -0.25) is 4.79 Å². The van der Waals surface area contributed by atoms with Crippen LogP contribution in [-0.4, -0.2) is 42.0 Å². The first kappa shape index (κ1) is 13.0. The number of nitrogen functional groups attached to an aromatic ring is 1. The maximum absolute atomic E-state index is 12.7. The third-order valence-corrected chi connectivity index (χ3v) is 5.56. The van der Waals surface area contributed by atoms with E-state index in [9.17, 15) is 4.79 Å². The fourth-order valence-corrected chi connectivity index (χ4v) is 4.28. The van der Waals surface area contributed by atoms with Gasteiger partial charge in [0.15, 0.2) is 5.13 Å². The Labute approximate surface area is 127 Å². The van der Waals surface area contributed by atoms with Crippen molar-refractivity contribution in [3.8, 4) is 0 Å². The Bertz CT molecular complexity index is 705. The molecule has 2 fully saturated rings. The largest absolute Gasteiger partial charge is 0.375 e. The normalized spacial score (nSPS) is 25.2. The van der Waals surface area contributed by atoms with Crippen LogP contribution in [0.1, 0.15) is 23.2 Å². The van der Waals surface area contributed by atoms with E-state index in [1.807, 2.05) is 23.1 Å². The molecule has 21 heavy (non-hydrogen) atoms. The number of nitrogens with one attached hydrogen (secondary N) is 1. The van der Waals surface area contributed by atoms with Gasteiger partial charge in [-0.25, -0.2) is 4.98 Å². The van der Waals surface area contributed by atoms with Crippen molar-refractivity contribution in [3.05, 3.63) is 23.8 Å². The lowest BCUT2D eigenvalue weighted by molar-refractivity contribution is 0.0776. The van der Waals surface area contributed by atoms with E-state index < -0.39 is 0 Å². The maximum atomic E-state index is 12.7. The van der Waals surface area contributed by atoms with Crippen molar-refractivity contribution in [2.75, 3.05) is 31.9 Å². The summed E-state index contributed by atoms with van der Waals surface area (Å²) in [5, 5.41) is 3.97. The highest BCUT2D eigenvalue weighted by atomic mass is 32.1. The Morgan fingerprint density at radius 3 is 3.14 bits per heavy atom. The first-order valence-corrected chi connectivity index (χ1v) is 8.13. The number of hydrogen-bond donors (Lipinski definition) is 2. The summed E-state index contributed by atoms with van der Waals surface area (Å²) in [5.74, 6) is 0.132. The van der Waals surface area contributed by atoms with E-state index in [0.29, 0.717) is 10.5 Å². The highest BCUT2D eigenvalue weighted by Gasteiger charge is 2.41. The van der Waals surface area contributed by atoms with E-state index in [1.54, 1.807) is 0 Å². The molecule has 6 heteroatoms. The van der Waals surface area contributed by atoms with Gasteiger partial charge in [-0.1, -0.05) is 11.3 Å². The molecule has 2 saturated heterocycles. The van der Waals surface area contributed by atoms with Gasteiger partial charge in [-0.2, -0.15) is 0 Å². The fraction of sp³-hybridized carbons (Fsp3) is 0.467. The Morgan fingerprint density at radius 1 is 1.43 bits per heavy atom. The van der Waals surface area contributed by atoms with E-state index in [0.717, 1.165) is 48.4 Å². The zero-order chi connectivity index (χ0) is 14.4. The van der Waals surface area contributed by atoms with Gasteiger partial charge >= 0.3 is 0 Å². The number of rotatable bonds is 1. The minimum atomic E-state index is 0.132. The molecule has 0 bridgehead atoms. The highest BCUT2D eigenvalue weighted by Crippen LogP contribution is 2.36. The standard InChI is InChI=1S/C15H18N4OS/c16-14-18-11-2-1-10(7-12(11)21-14)13(20)19-6-4-15(9-19)3-5-17-8-15/h1-2,7,17H,3-6,8-9H2,(H2,16,18). The van der Waals surface area contributed by atoms with Crippen LogP contribution >= 0.6 is 11.3 Å². The van der Waals surface area contributed by atoms with E-state index >= 15 is 0 Å². The summed E-state index contributed by atoms with van der Waals surface area (Å²) in [6.45, 7) is 3.86. The van der Waals surface area contributed by atoms with Crippen LogP contribution in [0.4, 0.5) is 5.13 Å². The van der Waals surface area contributed by atoms with Gasteiger partial charge in [0.1, 0.15) is 0 Å². The number of carbonyl (C=O) groups excluding carboxylic acids is 1. The molecule has 1 atom stereocenters. The second kappa shape index (κ2) is 4.68. The molecule has 5 nitrogen and oxygen atoms in total. The van der Waals surface area contributed by atoms with Crippen molar-refractivity contribution in [1.29, 1.82) is 0 Å². The first-order chi connectivity index (χ1) is 10.2. The predicted octanol–water partition coefficient (Wildman–Crippen LogP) is 1.70. The zero-order valence-corrected chi connectivity index (χ0v) is 12.6. The number of nitrogens with zero attached hydrogens (tertiary/aromatic N) is 2. The number of hydrogen-bond acceptors (Lipinski definition) is 5. The molecule has 3 heterocycles. The van der Waals surface area contributed by atoms with E-state index in [-0.39, 0.29) is 5.91 Å². The van der Waals surface area contributed by atoms with Gasteiger partial charge in [0.2, 0.25) is 0 Å². The van der Waals surface area contributed by atoms with Crippen LogP contribution in [0.2, 0.25) is 0 Å². The highest BCUT2D eigenvalue weighted by molar-refractivity contribution is 7.22. The maximum Gasteiger partial charge on any atom is 0.253 e. The number of likely N-dealkylation sites (tertiary alicyclic amines) is 1. The van der Waals surface area contributed by atoms with Gasteiger partial charge in [0.25, 0.3) is 5.91 Å². The van der Waals surface area contributed by atoms with Crippen LogP contribution in [-0.2, 0) is 0 Å². The molecule has 1 aromatic carbocycles. The number of carbonyl (C=O) groups is 1. The summed E-state index contributed by atoms with van der Waals surface area (Å²) in [5.41, 5.74) is 7.65. The van der Waals surface area contributed by atoms with E-state index in [4.69, 9.17) is 5.73 Å². The monoisotopic (exact) mass is 302 g/mol. The molecular weight excluding hydrogens is 284 g/mol. The number of nitrogens with two attached hydrogens (primary N) is 1. The lowest BCUT2D eigenvalue weighted by Gasteiger charge is -2.22. The Hall–Kier alpha value is -1.66. The summed E-state index contributed by atoms with van der Waals surface area (Å²) in [6.07, 6.45) is 2.29. The van der Waals surface area contributed by atoms with Crippen LogP contribution in [0.5, 0.6) is 0 Å². The summed E-state index contributed by atoms with van der Waals surface area (Å²) in [6, 6.07) is 5.67. The molecule has 110 valence electrons. The van der Waals surface area contributed by atoms with Gasteiger partial charge in [-0.15, -0.1) is 0 Å². The molecule has 1 amide bonds. The molecular formula is C15H18N4OS. The van der Waals surface area contributed by atoms with Crippen molar-refractivity contribution >= 4 is 32.6 Å². The molecule has 1 unspecified atom stereocenters. The number of benzene rings is 1. The van der Waals surface area contributed by atoms with Gasteiger partial charge in [0, 0.05) is 30.6 Å². The quantitative estimate of drug-likeness (QED) is 0.841. The third kappa shape index (κ3) is 2.18. The summed E-state index contributed by atoms with van der Waals surface area (Å²) in [4.78, 5) is 18.9. The minimum absolute atomic E-state index is 0.132. The molecule has 3 N–H and O–H groups in total. The Kier molecular flexibility index (Phi) is 2.90. The smallest absolute Gasteiger partial charge is 0.253 e. The number of fused-ring (bicyclic) bond motifs is 1. The SMILES string of the molecule is Nc1nc2ccc(C(=O)N3CCC4(CCNC4)C3)cc2s1. The summed E-state index contributed by atoms with van der Waals surface area (Å²) in [7, 11) is 0. The Balaban J connectivity index is 1.58. The molecule has 0 radical (unpaired) electrons. The molecule has 2 aliphatic heterocycles. The molecule has 0 aliphatic carbocycles. The van der Waals surface area contributed by atoms with Crippen molar-refractivity contribution in [3.63, 3.8) is 0 Å². The van der Waals surface area contributed by atoms with Crippen LogP contribution in [0.15, 0.2) is 18.2 Å². The van der Waals surface area contributed by atoms with E-state index in [1.165, 1.54) is 17.8 Å². The number of aromatic nitrogens is 1. The van der Waals surface area contributed by atoms with Crippen LogP contribution in [0.25, 0.3) is 10.2 Å². The van der Waals surface area contributed by atoms with E-state index in [2.05, 4.69) is 10.3 Å². The second-order valence-corrected chi connectivity index (χ2v) is 7.20. The summed E-state index contributed by atoms with van der Waals surface area (Å²) >= 11 is 1.43. The van der Waals surface area contributed by atoms with Crippen LogP contribution in [0.3, 0.4) is 0 Å². The zero-order valence-electron chi connectivity index (χ0n) is 11.8. The first-order valence-electron chi connectivity index (χ1n) is 7.31. The lowest BCUT2D eigenvalue weighted by atomic mass is 9.86. The van der Waals surface area contributed by atoms with Gasteiger partial charge in [0.05, 0.1) is 10.2 Å². The fourth-order valence-electron chi connectivity index (χ4n) is 3.51. The Morgan fingerprint density at radius 2 is 2.33 bits per heavy atom. The third-order valence-electron chi connectivity index (χ3n) is 4.71. The topological polar surface area (TPSA) is 71.2 Å². The molecule has 0 saturated carbocycles. The molecule has 2 aromatic rings. The van der Waals surface area contributed by atoms with Gasteiger partial charge in [-0.05, 0) is 37.6 Å². The number of anilines is 1.